The maximum Gasteiger partial charge on any atom is 0.248 e. The first-order valence-electron chi connectivity index (χ1n) is 11.7. The minimum Gasteiger partial charge on any atom is -0.375 e. The van der Waals surface area contributed by atoms with E-state index in [1.807, 2.05) is 36.1 Å². The maximum absolute atomic E-state index is 14.1. The molecule has 1 atom stereocenters. The van der Waals surface area contributed by atoms with Gasteiger partial charge in [0.05, 0.1) is 11.7 Å². The van der Waals surface area contributed by atoms with Crippen LogP contribution in [0, 0.1) is 11.2 Å². The van der Waals surface area contributed by atoms with Crippen LogP contribution in [0.15, 0.2) is 42.5 Å². The molecule has 4 rings (SSSR count). The van der Waals surface area contributed by atoms with Gasteiger partial charge in [0.15, 0.2) is 0 Å². The third kappa shape index (κ3) is 5.08. The summed E-state index contributed by atoms with van der Waals surface area (Å²) in [7, 11) is 1.52. The first kappa shape index (κ1) is 23.4. The Morgan fingerprint density at radius 3 is 2.61 bits per heavy atom. The number of ether oxygens (including phenoxy) is 1. The lowest BCUT2D eigenvalue weighted by molar-refractivity contribution is -0.149. The summed E-state index contributed by atoms with van der Waals surface area (Å²) in [4.78, 5) is 34.4. The predicted octanol–water partition coefficient (Wildman–Crippen LogP) is 3.75. The molecule has 0 spiro atoms. The quantitative estimate of drug-likeness (QED) is 0.668. The third-order valence-electron chi connectivity index (χ3n) is 7.02. The number of piperidine rings is 1. The number of pyridine rings is 1. The maximum atomic E-state index is 14.1. The van der Waals surface area contributed by atoms with Crippen molar-refractivity contribution < 1.29 is 18.7 Å². The molecule has 2 amide bonds. The molecule has 0 aliphatic carbocycles. The second kappa shape index (κ2) is 10.00. The number of benzene rings is 1. The molecular weight excluding hydrogens is 421 g/mol. The molecule has 0 radical (unpaired) electrons. The molecule has 176 valence electrons. The normalized spacial score (nSPS) is 20.2. The largest absolute Gasteiger partial charge is 0.375 e. The molecule has 0 saturated carbocycles. The standard InChI is InChI=1S/C26H32FN3O3/c1-26(12-15-29(16-13-26)24(31)18-33-2)25(32)30-14-6-11-23(30)22-10-5-8-20(28-22)17-19-7-3-4-9-21(19)27/h3-5,7-10,23H,6,11-18H2,1-2H3. The molecule has 2 fully saturated rings. The number of rotatable bonds is 6. The molecule has 2 aliphatic heterocycles. The summed E-state index contributed by atoms with van der Waals surface area (Å²) >= 11 is 0. The highest BCUT2D eigenvalue weighted by molar-refractivity contribution is 5.84. The van der Waals surface area contributed by atoms with Crippen LogP contribution in [-0.4, -0.2) is 59.9 Å². The number of carbonyl (C=O) groups excluding carboxylic acids is 2. The first-order chi connectivity index (χ1) is 15.9. The number of hydrogen-bond donors (Lipinski definition) is 0. The zero-order valence-corrected chi connectivity index (χ0v) is 19.4. The Morgan fingerprint density at radius 1 is 1.12 bits per heavy atom. The predicted molar refractivity (Wildman–Crippen MR) is 123 cm³/mol. The van der Waals surface area contributed by atoms with Gasteiger partial charge in [0, 0.05) is 44.3 Å². The molecule has 1 aromatic heterocycles. The molecule has 2 aromatic rings. The van der Waals surface area contributed by atoms with E-state index in [0.29, 0.717) is 44.5 Å². The van der Waals surface area contributed by atoms with Gasteiger partial charge in [0.1, 0.15) is 12.4 Å². The van der Waals surface area contributed by atoms with Gasteiger partial charge in [0.2, 0.25) is 11.8 Å². The lowest BCUT2D eigenvalue weighted by Gasteiger charge is -2.41. The second-order valence-corrected chi connectivity index (χ2v) is 9.35. The van der Waals surface area contributed by atoms with E-state index in [9.17, 15) is 14.0 Å². The van der Waals surface area contributed by atoms with Crippen molar-refractivity contribution in [1.82, 2.24) is 14.8 Å². The van der Waals surface area contributed by atoms with Gasteiger partial charge in [0.25, 0.3) is 0 Å². The van der Waals surface area contributed by atoms with Crippen LogP contribution in [0.4, 0.5) is 4.39 Å². The van der Waals surface area contributed by atoms with Crippen LogP contribution < -0.4 is 0 Å². The molecular formula is C26H32FN3O3. The fourth-order valence-corrected chi connectivity index (χ4v) is 4.96. The van der Waals surface area contributed by atoms with Crippen molar-refractivity contribution in [2.75, 3.05) is 33.4 Å². The van der Waals surface area contributed by atoms with Gasteiger partial charge in [-0.1, -0.05) is 31.2 Å². The fraction of sp³-hybridized carbons (Fsp3) is 0.500. The number of likely N-dealkylation sites (tertiary alicyclic amines) is 2. The van der Waals surface area contributed by atoms with E-state index in [2.05, 4.69) is 0 Å². The number of methoxy groups -OCH3 is 1. The lowest BCUT2D eigenvalue weighted by Crippen LogP contribution is -2.50. The van der Waals surface area contributed by atoms with Crippen LogP contribution in [0.1, 0.15) is 55.6 Å². The topological polar surface area (TPSA) is 62.7 Å². The monoisotopic (exact) mass is 453 g/mol. The Hall–Kier alpha value is -2.80. The fourth-order valence-electron chi connectivity index (χ4n) is 4.96. The van der Waals surface area contributed by atoms with E-state index < -0.39 is 5.41 Å². The summed E-state index contributed by atoms with van der Waals surface area (Å²) in [5.74, 6) is -0.113. The number of halogens is 1. The number of carbonyl (C=O) groups is 2. The summed E-state index contributed by atoms with van der Waals surface area (Å²) in [6, 6.07) is 12.5. The van der Waals surface area contributed by atoms with Crippen LogP contribution in [0.2, 0.25) is 0 Å². The number of nitrogens with zero attached hydrogens (tertiary/aromatic N) is 3. The average molecular weight is 454 g/mol. The highest BCUT2D eigenvalue weighted by Crippen LogP contribution is 2.39. The van der Waals surface area contributed by atoms with Crippen LogP contribution in [0.25, 0.3) is 0 Å². The van der Waals surface area contributed by atoms with Gasteiger partial charge in [-0.15, -0.1) is 0 Å². The van der Waals surface area contributed by atoms with Crippen LogP contribution in [-0.2, 0) is 20.7 Å². The number of aromatic nitrogens is 1. The van der Waals surface area contributed by atoms with Crippen LogP contribution in [0.3, 0.4) is 0 Å². The van der Waals surface area contributed by atoms with E-state index in [-0.39, 0.29) is 30.3 Å². The van der Waals surface area contributed by atoms with Crippen molar-refractivity contribution in [3.63, 3.8) is 0 Å². The zero-order valence-electron chi connectivity index (χ0n) is 19.4. The van der Waals surface area contributed by atoms with Crippen molar-refractivity contribution >= 4 is 11.8 Å². The third-order valence-corrected chi connectivity index (χ3v) is 7.02. The molecule has 7 heteroatoms. The van der Waals surface area contributed by atoms with Crippen LogP contribution >= 0.6 is 0 Å². The van der Waals surface area contributed by atoms with E-state index in [0.717, 1.165) is 24.2 Å². The molecule has 33 heavy (non-hydrogen) atoms. The first-order valence-corrected chi connectivity index (χ1v) is 11.7. The number of amides is 2. The average Bonchev–Trinajstić information content (AvgIpc) is 3.31. The van der Waals surface area contributed by atoms with Gasteiger partial charge < -0.3 is 14.5 Å². The van der Waals surface area contributed by atoms with Crippen molar-refractivity contribution in [1.29, 1.82) is 0 Å². The summed E-state index contributed by atoms with van der Waals surface area (Å²) in [6.07, 6.45) is 3.52. The lowest BCUT2D eigenvalue weighted by atomic mass is 9.78. The van der Waals surface area contributed by atoms with Gasteiger partial charge >= 0.3 is 0 Å². The van der Waals surface area contributed by atoms with Gasteiger partial charge in [-0.3, -0.25) is 14.6 Å². The number of hydrogen-bond acceptors (Lipinski definition) is 4. The van der Waals surface area contributed by atoms with Crippen molar-refractivity contribution in [3.8, 4) is 0 Å². The summed E-state index contributed by atoms with van der Waals surface area (Å²) < 4.78 is 19.1. The van der Waals surface area contributed by atoms with Crippen LogP contribution in [0.5, 0.6) is 0 Å². The van der Waals surface area contributed by atoms with E-state index in [1.54, 1.807) is 17.0 Å². The SMILES string of the molecule is COCC(=O)N1CCC(C)(C(=O)N2CCCC2c2cccc(Cc3ccccc3F)n2)CC1. The highest BCUT2D eigenvalue weighted by Gasteiger charge is 2.44. The Morgan fingerprint density at radius 2 is 1.88 bits per heavy atom. The summed E-state index contributed by atoms with van der Waals surface area (Å²) in [5, 5.41) is 0. The van der Waals surface area contributed by atoms with E-state index >= 15 is 0 Å². The summed E-state index contributed by atoms with van der Waals surface area (Å²) in [5.41, 5.74) is 1.79. The molecule has 1 aromatic carbocycles. The van der Waals surface area contributed by atoms with Gasteiger partial charge in [-0.25, -0.2) is 4.39 Å². The minimum absolute atomic E-state index is 0.0260. The van der Waals surface area contributed by atoms with Crippen molar-refractivity contribution in [3.05, 3.63) is 65.2 Å². The molecule has 2 saturated heterocycles. The van der Waals surface area contributed by atoms with E-state index in [1.165, 1.54) is 13.2 Å². The second-order valence-electron chi connectivity index (χ2n) is 9.35. The van der Waals surface area contributed by atoms with E-state index in [4.69, 9.17) is 9.72 Å². The molecule has 3 heterocycles. The summed E-state index contributed by atoms with van der Waals surface area (Å²) in [6.45, 7) is 3.95. The minimum atomic E-state index is -0.489. The van der Waals surface area contributed by atoms with Gasteiger partial charge in [-0.2, -0.15) is 0 Å². The molecule has 6 nitrogen and oxygen atoms in total. The molecule has 0 bridgehead atoms. The Labute approximate surface area is 194 Å². The molecule has 0 N–H and O–H groups in total. The Balaban J connectivity index is 1.46. The van der Waals surface area contributed by atoms with Crippen molar-refractivity contribution in [2.45, 2.75) is 45.1 Å². The smallest absolute Gasteiger partial charge is 0.248 e. The van der Waals surface area contributed by atoms with Crippen molar-refractivity contribution in [2.24, 2.45) is 5.41 Å². The highest BCUT2D eigenvalue weighted by atomic mass is 19.1. The molecule has 2 aliphatic rings. The Bertz CT molecular complexity index is 1000. The zero-order chi connectivity index (χ0) is 23.4. The molecule has 1 unspecified atom stereocenters. The Kier molecular flexibility index (Phi) is 7.08. The van der Waals surface area contributed by atoms with Gasteiger partial charge in [-0.05, 0) is 49.4 Å².